The van der Waals surface area contributed by atoms with Gasteiger partial charge in [-0.25, -0.2) is 4.79 Å². The zero-order valence-electron chi connectivity index (χ0n) is 17.5. The molecule has 8 heteroatoms. The Morgan fingerprint density at radius 3 is 2.74 bits per heavy atom. The normalized spacial score (nSPS) is 17.8. The number of benzene rings is 2. The Morgan fingerprint density at radius 2 is 2.00 bits per heavy atom. The predicted octanol–water partition coefficient (Wildman–Crippen LogP) is 2.48. The third-order valence-corrected chi connectivity index (χ3v) is 5.63. The third-order valence-electron chi connectivity index (χ3n) is 5.63. The highest BCUT2D eigenvalue weighted by atomic mass is 16.5. The van der Waals surface area contributed by atoms with Gasteiger partial charge in [-0.2, -0.15) is 0 Å². The second kappa shape index (κ2) is 8.67. The first-order valence-electron chi connectivity index (χ1n) is 10.3. The van der Waals surface area contributed by atoms with Crippen LogP contribution >= 0.6 is 0 Å². The lowest BCUT2D eigenvalue weighted by atomic mass is 10.1. The van der Waals surface area contributed by atoms with Crippen molar-refractivity contribution in [2.75, 3.05) is 23.9 Å². The first-order valence-corrected chi connectivity index (χ1v) is 10.3. The van der Waals surface area contributed by atoms with E-state index in [1.807, 2.05) is 30.3 Å². The minimum atomic E-state index is -0.959. The summed E-state index contributed by atoms with van der Waals surface area (Å²) in [4.78, 5) is 39.2. The monoisotopic (exact) mass is 423 g/mol. The maximum Gasteiger partial charge on any atom is 0.338 e. The summed E-state index contributed by atoms with van der Waals surface area (Å²) in [7, 11) is 1.59. The molecule has 0 aliphatic carbocycles. The fourth-order valence-corrected chi connectivity index (χ4v) is 3.92. The minimum absolute atomic E-state index is 0.0539. The van der Waals surface area contributed by atoms with E-state index >= 15 is 0 Å². The number of amides is 2. The molecule has 0 saturated carbocycles. The quantitative estimate of drug-likeness (QED) is 0.693. The molecule has 0 unspecified atom stereocenters. The van der Waals surface area contributed by atoms with Crippen LogP contribution in [0.3, 0.4) is 0 Å². The van der Waals surface area contributed by atoms with Crippen LogP contribution in [-0.2, 0) is 20.9 Å². The van der Waals surface area contributed by atoms with Crippen molar-refractivity contribution in [2.45, 2.75) is 38.5 Å². The Balaban J connectivity index is 1.35. The number of fused-ring (bicyclic) bond motifs is 3. The van der Waals surface area contributed by atoms with Crippen molar-refractivity contribution in [1.82, 2.24) is 5.32 Å². The lowest BCUT2D eigenvalue weighted by Crippen LogP contribution is -2.44. The molecule has 2 N–H and O–H groups in total. The summed E-state index contributed by atoms with van der Waals surface area (Å²) in [6.07, 6.45) is 0.835. The maximum absolute atomic E-state index is 12.6. The van der Waals surface area contributed by atoms with Gasteiger partial charge in [0.2, 0.25) is 5.91 Å². The van der Waals surface area contributed by atoms with Crippen molar-refractivity contribution in [3.05, 3.63) is 53.6 Å². The molecular weight excluding hydrogens is 398 g/mol. The summed E-state index contributed by atoms with van der Waals surface area (Å²) in [5, 5.41) is 5.63. The first kappa shape index (κ1) is 20.7. The summed E-state index contributed by atoms with van der Waals surface area (Å²) >= 11 is 0. The molecule has 2 heterocycles. The number of rotatable bonds is 6. The highest BCUT2D eigenvalue weighted by molar-refractivity contribution is 6.05. The van der Waals surface area contributed by atoms with Crippen LogP contribution in [0.4, 0.5) is 11.4 Å². The molecule has 2 amide bonds. The fourth-order valence-electron chi connectivity index (χ4n) is 3.92. The summed E-state index contributed by atoms with van der Waals surface area (Å²) in [6, 6.07) is 12.3. The van der Waals surface area contributed by atoms with Gasteiger partial charge in [-0.05, 0) is 55.7 Å². The number of esters is 1. The van der Waals surface area contributed by atoms with Crippen molar-refractivity contribution >= 4 is 29.2 Å². The summed E-state index contributed by atoms with van der Waals surface area (Å²) in [5.41, 5.74) is 2.68. The molecule has 2 aromatic rings. The second-order valence-corrected chi connectivity index (χ2v) is 7.69. The molecule has 0 spiro atoms. The molecule has 4 rings (SSSR count). The first-order chi connectivity index (χ1) is 15.0. The SMILES string of the molecule is COc1ccc(CNC(=O)[C@@H](C)OC(=O)c2ccc3c(c2)NC(=O)[C@H]2CCCN32)cc1. The van der Waals surface area contributed by atoms with E-state index in [9.17, 15) is 14.4 Å². The average molecular weight is 423 g/mol. The molecule has 0 aromatic heterocycles. The van der Waals surface area contributed by atoms with Gasteiger partial charge in [0.1, 0.15) is 11.8 Å². The van der Waals surface area contributed by atoms with Crippen molar-refractivity contribution in [3.8, 4) is 5.75 Å². The van der Waals surface area contributed by atoms with Crippen LogP contribution in [-0.4, -0.2) is 43.6 Å². The molecule has 0 radical (unpaired) electrons. The lowest BCUT2D eigenvalue weighted by Gasteiger charge is -2.33. The molecule has 2 aliphatic rings. The van der Waals surface area contributed by atoms with Crippen LogP contribution in [0, 0.1) is 0 Å². The standard InChI is InChI=1S/C23H25N3O5/c1-14(21(27)24-13-15-5-8-17(30-2)9-6-15)31-23(29)16-7-10-19-18(12-16)25-22(28)20-4-3-11-26(19)20/h5-10,12,14,20H,3-4,11,13H2,1-2H3,(H,24,27)(H,25,28)/t14-,20-/m1/s1. The summed E-state index contributed by atoms with van der Waals surface area (Å²) in [6.45, 7) is 2.66. The van der Waals surface area contributed by atoms with Gasteiger partial charge in [-0.1, -0.05) is 12.1 Å². The zero-order valence-corrected chi connectivity index (χ0v) is 17.5. The number of carbonyl (C=O) groups excluding carboxylic acids is 3. The van der Waals surface area contributed by atoms with E-state index in [-0.39, 0.29) is 17.5 Å². The highest BCUT2D eigenvalue weighted by Gasteiger charge is 2.36. The summed E-state index contributed by atoms with van der Waals surface area (Å²) < 4.78 is 10.4. The molecule has 8 nitrogen and oxygen atoms in total. The number of nitrogens with one attached hydrogen (secondary N) is 2. The van der Waals surface area contributed by atoms with Crippen LogP contribution in [0.2, 0.25) is 0 Å². The molecular formula is C23H25N3O5. The van der Waals surface area contributed by atoms with Crippen molar-refractivity contribution in [2.24, 2.45) is 0 Å². The molecule has 2 aliphatic heterocycles. The number of carbonyl (C=O) groups is 3. The molecule has 0 bridgehead atoms. The van der Waals surface area contributed by atoms with E-state index in [1.54, 1.807) is 19.2 Å². The smallest absolute Gasteiger partial charge is 0.338 e. The van der Waals surface area contributed by atoms with Gasteiger partial charge >= 0.3 is 5.97 Å². The molecule has 162 valence electrons. The molecule has 2 atom stereocenters. The van der Waals surface area contributed by atoms with Crippen LogP contribution < -0.4 is 20.3 Å². The van der Waals surface area contributed by atoms with Crippen molar-refractivity contribution < 1.29 is 23.9 Å². The van der Waals surface area contributed by atoms with Gasteiger partial charge in [-0.15, -0.1) is 0 Å². The van der Waals surface area contributed by atoms with Gasteiger partial charge in [0.05, 0.1) is 24.0 Å². The van der Waals surface area contributed by atoms with E-state index in [4.69, 9.17) is 9.47 Å². The minimum Gasteiger partial charge on any atom is -0.497 e. The molecule has 1 fully saturated rings. The van der Waals surface area contributed by atoms with Crippen LogP contribution in [0.15, 0.2) is 42.5 Å². The topological polar surface area (TPSA) is 97.0 Å². The molecule has 1 saturated heterocycles. The van der Waals surface area contributed by atoms with Gasteiger partial charge < -0.3 is 25.0 Å². The zero-order chi connectivity index (χ0) is 22.0. The van der Waals surface area contributed by atoms with E-state index in [0.29, 0.717) is 12.2 Å². The van der Waals surface area contributed by atoms with Crippen molar-refractivity contribution in [1.29, 1.82) is 0 Å². The van der Waals surface area contributed by atoms with E-state index in [2.05, 4.69) is 15.5 Å². The number of anilines is 2. The Labute approximate surface area is 180 Å². The van der Waals surface area contributed by atoms with E-state index in [1.165, 1.54) is 6.92 Å². The number of methoxy groups -OCH3 is 1. The Morgan fingerprint density at radius 1 is 1.23 bits per heavy atom. The Kier molecular flexibility index (Phi) is 5.79. The lowest BCUT2D eigenvalue weighted by molar-refractivity contribution is -0.129. The third kappa shape index (κ3) is 4.33. The second-order valence-electron chi connectivity index (χ2n) is 7.69. The highest BCUT2D eigenvalue weighted by Crippen LogP contribution is 2.37. The Hall–Kier alpha value is -3.55. The van der Waals surface area contributed by atoms with Crippen LogP contribution in [0.5, 0.6) is 5.75 Å². The van der Waals surface area contributed by atoms with Gasteiger partial charge in [0, 0.05) is 13.1 Å². The van der Waals surface area contributed by atoms with Crippen molar-refractivity contribution in [3.63, 3.8) is 0 Å². The molecule has 2 aromatic carbocycles. The number of nitrogens with zero attached hydrogens (tertiary/aromatic N) is 1. The molecule has 31 heavy (non-hydrogen) atoms. The van der Waals surface area contributed by atoms with E-state index < -0.39 is 18.0 Å². The van der Waals surface area contributed by atoms with E-state index in [0.717, 1.165) is 36.4 Å². The average Bonchev–Trinajstić information content (AvgIpc) is 3.28. The maximum atomic E-state index is 12.6. The largest absolute Gasteiger partial charge is 0.497 e. The van der Waals surface area contributed by atoms with Crippen LogP contribution in [0.25, 0.3) is 0 Å². The predicted molar refractivity (Wildman–Crippen MR) is 115 cm³/mol. The van der Waals surface area contributed by atoms with Gasteiger partial charge in [-0.3, -0.25) is 9.59 Å². The van der Waals surface area contributed by atoms with Gasteiger partial charge in [0.25, 0.3) is 5.91 Å². The number of hydrogen-bond donors (Lipinski definition) is 2. The summed E-state index contributed by atoms with van der Waals surface area (Å²) in [5.74, 6) is -0.330. The van der Waals surface area contributed by atoms with Gasteiger partial charge in [0.15, 0.2) is 6.10 Å². The fraction of sp³-hybridized carbons (Fsp3) is 0.348. The van der Waals surface area contributed by atoms with Crippen LogP contribution in [0.1, 0.15) is 35.7 Å². The Bertz CT molecular complexity index is 1000. The number of ether oxygens (including phenoxy) is 2. The number of hydrogen-bond acceptors (Lipinski definition) is 6.